The molecule has 18 heavy (non-hydrogen) atoms. The summed E-state index contributed by atoms with van der Waals surface area (Å²) in [6.07, 6.45) is 0.276. The third kappa shape index (κ3) is 2.88. The fourth-order valence-corrected chi connectivity index (χ4v) is 3.13. The Kier molecular flexibility index (Phi) is 3.65. The van der Waals surface area contributed by atoms with Crippen molar-refractivity contribution in [2.24, 2.45) is 0 Å². The summed E-state index contributed by atoms with van der Waals surface area (Å²) in [6, 6.07) is 10.0. The third-order valence-electron chi connectivity index (χ3n) is 2.29. The second-order valence-corrected chi connectivity index (χ2v) is 6.06. The highest BCUT2D eigenvalue weighted by atomic mass is 32.2. The van der Waals surface area contributed by atoms with Gasteiger partial charge in [-0.15, -0.1) is 0 Å². The Morgan fingerprint density at radius 1 is 1.22 bits per heavy atom. The maximum atomic E-state index is 12.0. The molecule has 0 saturated heterocycles. The second-order valence-electron chi connectivity index (χ2n) is 3.60. The van der Waals surface area contributed by atoms with Gasteiger partial charge in [-0.1, -0.05) is 12.1 Å². The van der Waals surface area contributed by atoms with E-state index in [0.717, 1.165) is 5.56 Å². The Morgan fingerprint density at radius 2 is 1.94 bits per heavy atom. The molecule has 0 atom stereocenters. The summed E-state index contributed by atoms with van der Waals surface area (Å²) in [5, 5.41) is 12.1. The minimum absolute atomic E-state index is 0.190. The van der Waals surface area contributed by atoms with Gasteiger partial charge in [-0.2, -0.15) is 16.6 Å². The first-order chi connectivity index (χ1) is 8.62. The Labute approximate surface area is 110 Å². The molecule has 0 fully saturated rings. The molecule has 0 unspecified atom stereocenters. The molecule has 6 heteroatoms. The lowest BCUT2D eigenvalue weighted by Gasteiger charge is -2.06. The fraction of sp³-hybridized carbons (Fsp3) is 0.0833. The molecule has 92 valence electrons. The average molecular weight is 278 g/mol. The third-order valence-corrected chi connectivity index (χ3v) is 4.37. The van der Waals surface area contributed by atoms with Gasteiger partial charge in [0, 0.05) is 5.38 Å². The van der Waals surface area contributed by atoms with E-state index < -0.39 is 10.0 Å². The van der Waals surface area contributed by atoms with Gasteiger partial charge in [-0.05, 0) is 29.1 Å². The molecule has 1 heterocycles. The average Bonchev–Trinajstić information content (AvgIpc) is 2.82. The quantitative estimate of drug-likeness (QED) is 0.934. The van der Waals surface area contributed by atoms with Gasteiger partial charge >= 0.3 is 0 Å². The summed E-state index contributed by atoms with van der Waals surface area (Å²) < 4.78 is 26.5. The highest BCUT2D eigenvalue weighted by Gasteiger charge is 2.13. The number of nitrogens with one attached hydrogen (secondary N) is 1. The van der Waals surface area contributed by atoms with Crippen LogP contribution in [0.3, 0.4) is 0 Å². The van der Waals surface area contributed by atoms with Crippen molar-refractivity contribution in [3.05, 3.63) is 46.7 Å². The molecular weight excluding hydrogens is 268 g/mol. The van der Waals surface area contributed by atoms with E-state index in [1.807, 2.05) is 6.07 Å². The van der Waals surface area contributed by atoms with Crippen LogP contribution in [0.1, 0.15) is 5.56 Å². The molecule has 1 aromatic carbocycles. The van der Waals surface area contributed by atoms with Gasteiger partial charge in [0.15, 0.2) is 0 Å². The van der Waals surface area contributed by atoms with Crippen LogP contribution in [-0.2, 0) is 16.4 Å². The van der Waals surface area contributed by atoms with Gasteiger partial charge in [-0.25, -0.2) is 8.42 Å². The van der Waals surface area contributed by atoms with E-state index in [2.05, 4.69) is 4.72 Å². The number of hydrogen-bond acceptors (Lipinski definition) is 4. The number of thiophene rings is 1. The second kappa shape index (κ2) is 5.21. The van der Waals surface area contributed by atoms with Crippen LogP contribution in [0.15, 0.2) is 46.0 Å². The van der Waals surface area contributed by atoms with Crippen LogP contribution in [0.25, 0.3) is 0 Å². The Morgan fingerprint density at radius 3 is 2.50 bits per heavy atom. The Balaban J connectivity index is 2.22. The lowest BCUT2D eigenvalue weighted by atomic mass is 10.2. The molecule has 1 N–H and O–H groups in total. The van der Waals surface area contributed by atoms with Crippen LogP contribution in [0.5, 0.6) is 0 Å². The van der Waals surface area contributed by atoms with Crippen molar-refractivity contribution in [1.29, 1.82) is 5.26 Å². The van der Waals surface area contributed by atoms with Crippen molar-refractivity contribution in [2.45, 2.75) is 11.3 Å². The molecule has 0 bridgehead atoms. The largest absolute Gasteiger partial charge is 0.279 e. The number of anilines is 1. The monoisotopic (exact) mass is 278 g/mol. The maximum absolute atomic E-state index is 12.0. The zero-order valence-electron chi connectivity index (χ0n) is 9.33. The van der Waals surface area contributed by atoms with E-state index in [4.69, 9.17) is 5.26 Å². The summed E-state index contributed by atoms with van der Waals surface area (Å²) in [7, 11) is -3.54. The Hall–Kier alpha value is -1.84. The summed E-state index contributed by atoms with van der Waals surface area (Å²) in [5.41, 5.74) is 1.35. The van der Waals surface area contributed by atoms with E-state index in [9.17, 15) is 8.42 Å². The van der Waals surface area contributed by atoms with Gasteiger partial charge in [0.05, 0.1) is 23.1 Å². The molecule has 4 nitrogen and oxygen atoms in total. The number of nitrogens with zero attached hydrogens (tertiary/aromatic N) is 1. The lowest BCUT2D eigenvalue weighted by molar-refractivity contribution is 0.601. The summed E-state index contributed by atoms with van der Waals surface area (Å²) in [4.78, 5) is 0.190. The van der Waals surface area contributed by atoms with Crippen LogP contribution in [0.2, 0.25) is 0 Å². The van der Waals surface area contributed by atoms with Crippen molar-refractivity contribution in [2.75, 3.05) is 4.72 Å². The van der Waals surface area contributed by atoms with E-state index in [1.54, 1.807) is 29.0 Å². The van der Waals surface area contributed by atoms with Crippen molar-refractivity contribution in [1.82, 2.24) is 0 Å². The van der Waals surface area contributed by atoms with E-state index in [-0.39, 0.29) is 11.3 Å². The topological polar surface area (TPSA) is 70.0 Å². The van der Waals surface area contributed by atoms with Crippen LogP contribution < -0.4 is 4.72 Å². The van der Waals surface area contributed by atoms with Gasteiger partial charge in [0.25, 0.3) is 10.0 Å². The molecule has 0 aliphatic heterocycles. The van der Waals surface area contributed by atoms with Crippen LogP contribution in [0.4, 0.5) is 5.69 Å². The normalized spacial score (nSPS) is 10.8. The highest BCUT2D eigenvalue weighted by molar-refractivity contribution is 7.92. The first kappa shape index (κ1) is 12.6. The Bertz CT molecular complexity index is 653. The minimum atomic E-state index is -3.54. The fourth-order valence-electron chi connectivity index (χ4n) is 1.41. The smallest absolute Gasteiger partial charge is 0.261 e. The zero-order valence-corrected chi connectivity index (χ0v) is 11.0. The SMILES string of the molecule is N#CCc1ccc(S(=O)(=O)Nc2ccsc2)cc1. The summed E-state index contributed by atoms with van der Waals surface area (Å²) in [5.74, 6) is 0. The molecule has 0 spiro atoms. The van der Waals surface area contributed by atoms with E-state index in [0.29, 0.717) is 5.69 Å². The molecule has 2 aromatic rings. The maximum Gasteiger partial charge on any atom is 0.261 e. The number of hydrogen-bond donors (Lipinski definition) is 1. The number of benzene rings is 1. The molecule has 0 aliphatic rings. The van der Waals surface area contributed by atoms with Gasteiger partial charge in [0.2, 0.25) is 0 Å². The molecule has 0 aliphatic carbocycles. The first-order valence-corrected chi connectivity index (χ1v) is 7.55. The predicted octanol–water partition coefficient (Wildman–Crippen LogP) is 2.61. The molecule has 1 aromatic heterocycles. The summed E-state index contributed by atoms with van der Waals surface area (Å²) >= 11 is 1.42. The molecular formula is C12H10N2O2S2. The molecule has 2 rings (SSSR count). The molecule has 0 saturated carbocycles. The lowest BCUT2D eigenvalue weighted by Crippen LogP contribution is -2.12. The predicted molar refractivity (Wildman–Crippen MR) is 70.9 cm³/mol. The van der Waals surface area contributed by atoms with Crippen LogP contribution in [0, 0.1) is 11.3 Å². The van der Waals surface area contributed by atoms with Gasteiger partial charge < -0.3 is 0 Å². The zero-order chi connectivity index (χ0) is 13.0. The van der Waals surface area contributed by atoms with Crippen molar-refractivity contribution in [3.63, 3.8) is 0 Å². The first-order valence-electron chi connectivity index (χ1n) is 5.13. The number of rotatable bonds is 4. The number of sulfonamides is 1. The van der Waals surface area contributed by atoms with Crippen molar-refractivity contribution in [3.8, 4) is 6.07 Å². The highest BCUT2D eigenvalue weighted by Crippen LogP contribution is 2.18. The number of nitriles is 1. The van der Waals surface area contributed by atoms with Crippen LogP contribution in [-0.4, -0.2) is 8.42 Å². The summed E-state index contributed by atoms with van der Waals surface area (Å²) in [6.45, 7) is 0. The molecule has 0 radical (unpaired) electrons. The van der Waals surface area contributed by atoms with E-state index in [1.165, 1.54) is 23.5 Å². The van der Waals surface area contributed by atoms with Gasteiger partial charge in [0.1, 0.15) is 0 Å². The minimum Gasteiger partial charge on any atom is -0.279 e. The van der Waals surface area contributed by atoms with Gasteiger partial charge in [-0.3, -0.25) is 4.72 Å². The standard InChI is InChI=1S/C12H10N2O2S2/c13-7-5-10-1-3-12(4-2-10)18(15,16)14-11-6-8-17-9-11/h1-4,6,8-9,14H,5H2. The van der Waals surface area contributed by atoms with E-state index >= 15 is 0 Å². The molecule has 0 amide bonds. The van der Waals surface area contributed by atoms with Crippen molar-refractivity contribution < 1.29 is 8.42 Å². The van der Waals surface area contributed by atoms with Crippen LogP contribution >= 0.6 is 11.3 Å². The van der Waals surface area contributed by atoms with Crippen molar-refractivity contribution >= 4 is 27.0 Å².